The number of hydrogen-bond donors (Lipinski definition) is 1. The number of aryl methyl sites for hydroxylation is 1. The molecule has 0 spiro atoms. The van der Waals surface area contributed by atoms with Crippen LogP contribution in [-0.4, -0.2) is 20.8 Å². The molecule has 1 aromatic heterocycles. The van der Waals surface area contributed by atoms with Crippen molar-refractivity contribution in [2.45, 2.75) is 25.9 Å². The van der Waals surface area contributed by atoms with Crippen LogP contribution in [0.5, 0.6) is 0 Å². The Kier molecular flexibility index (Phi) is 4.04. The summed E-state index contributed by atoms with van der Waals surface area (Å²) >= 11 is 0. The molecular formula is C13H17FN4. The average Bonchev–Trinajstić information content (AvgIpc) is 2.76. The van der Waals surface area contributed by atoms with Gasteiger partial charge in [-0.3, -0.25) is 4.68 Å². The molecule has 18 heavy (non-hydrogen) atoms. The van der Waals surface area contributed by atoms with E-state index in [-0.39, 0.29) is 5.82 Å². The van der Waals surface area contributed by atoms with Gasteiger partial charge in [-0.25, -0.2) is 9.37 Å². The number of benzene rings is 1. The van der Waals surface area contributed by atoms with Gasteiger partial charge in [0, 0.05) is 13.1 Å². The zero-order chi connectivity index (χ0) is 13.0. The van der Waals surface area contributed by atoms with Gasteiger partial charge >= 0.3 is 0 Å². The van der Waals surface area contributed by atoms with Gasteiger partial charge in [-0.05, 0) is 31.0 Å². The first-order valence-corrected chi connectivity index (χ1v) is 5.96. The van der Waals surface area contributed by atoms with Crippen LogP contribution in [0.25, 0.3) is 0 Å². The van der Waals surface area contributed by atoms with Gasteiger partial charge in [0.15, 0.2) is 5.82 Å². The highest BCUT2D eigenvalue weighted by atomic mass is 19.1. The molecule has 1 heterocycles. The van der Waals surface area contributed by atoms with Gasteiger partial charge in [0.1, 0.15) is 12.1 Å². The second-order valence-electron chi connectivity index (χ2n) is 4.45. The highest BCUT2D eigenvalue weighted by Crippen LogP contribution is 2.05. The molecule has 1 unspecified atom stereocenters. The molecule has 0 saturated heterocycles. The maximum atomic E-state index is 12.8. The Morgan fingerprint density at radius 1 is 1.33 bits per heavy atom. The topological polar surface area (TPSA) is 42.7 Å². The summed E-state index contributed by atoms with van der Waals surface area (Å²) in [6.07, 6.45) is 2.54. The molecule has 0 radical (unpaired) electrons. The number of rotatable bonds is 5. The molecule has 2 aromatic rings. The fourth-order valence-corrected chi connectivity index (χ4v) is 1.78. The number of aromatic nitrogens is 3. The van der Waals surface area contributed by atoms with Crippen LogP contribution in [0.15, 0.2) is 30.6 Å². The molecule has 96 valence electrons. The van der Waals surface area contributed by atoms with Crippen molar-refractivity contribution < 1.29 is 4.39 Å². The predicted octanol–water partition coefficient (Wildman–Crippen LogP) is 1.68. The van der Waals surface area contributed by atoms with Gasteiger partial charge in [0.2, 0.25) is 0 Å². The minimum atomic E-state index is -0.197. The van der Waals surface area contributed by atoms with Crippen LogP contribution in [0.2, 0.25) is 0 Å². The number of nitrogens with one attached hydrogen (secondary N) is 1. The molecule has 1 atom stereocenters. The van der Waals surface area contributed by atoms with Gasteiger partial charge in [-0.15, -0.1) is 0 Å². The van der Waals surface area contributed by atoms with Crippen LogP contribution >= 0.6 is 0 Å². The Bertz CT molecular complexity index is 492. The van der Waals surface area contributed by atoms with Crippen LogP contribution < -0.4 is 5.32 Å². The lowest BCUT2D eigenvalue weighted by atomic mass is 10.1. The first-order valence-electron chi connectivity index (χ1n) is 5.96. The van der Waals surface area contributed by atoms with E-state index in [0.29, 0.717) is 12.6 Å². The van der Waals surface area contributed by atoms with Crippen molar-refractivity contribution in [3.8, 4) is 0 Å². The van der Waals surface area contributed by atoms with Crippen molar-refractivity contribution in [1.82, 2.24) is 20.1 Å². The lowest BCUT2D eigenvalue weighted by Gasteiger charge is -2.12. The van der Waals surface area contributed by atoms with Gasteiger partial charge in [-0.2, -0.15) is 5.10 Å². The zero-order valence-corrected chi connectivity index (χ0v) is 10.6. The van der Waals surface area contributed by atoms with Gasteiger partial charge < -0.3 is 5.32 Å². The minimum Gasteiger partial charge on any atom is -0.307 e. The van der Waals surface area contributed by atoms with Crippen molar-refractivity contribution in [2.75, 3.05) is 0 Å². The summed E-state index contributed by atoms with van der Waals surface area (Å²) in [5.74, 6) is 0.584. The summed E-state index contributed by atoms with van der Waals surface area (Å²) in [5, 5.41) is 7.54. The van der Waals surface area contributed by atoms with E-state index in [9.17, 15) is 4.39 Å². The van der Waals surface area contributed by atoms with E-state index in [1.165, 1.54) is 12.1 Å². The second kappa shape index (κ2) is 5.73. The highest BCUT2D eigenvalue weighted by molar-refractivity contribution is 5.16. The van der Waals surface area contributed by atoms with E-state index < -0.39 is 0 Å². The Morgan fingerprint density at radius 2 is 2.06 bits per heavy atom. The van der Waals surface area contributed by atoms with Gasteiger partial charge in [-0.1, -0.05) is 12.1 Å². The average molecular weight is 248 g/mol. The molecule has 0 fully saturated rings. The molecule has 1 N–H and O–H groups in total. The summed E-state index contributed by atoms with van der Waals surface area (Å²) in [5.41, 5.74) is 1.12. The van der Waals surface area contributed by atoms with Gasteiger partial charge in [0.05, 0.1) is 6.54 Å². The van der Waals surface area contributed by atoms with Crippen LogP contribution in [0.4, 0.5) is 4.39 Å². The first kappa shape index (κ1) is 12.7. The Labute approximate surface area is 106 Å². The quantitative estimate of drug-likeness (QED) is 0.875. The molecular weight excluding hydrogens is 231 g/mol. The molecule has 5 heteroatoms. The molecule has 0 aliphatic rings. The number of hydrogen-bond acceptors (Lipinski definition) is 3. The Balaban J connectivity index is 1.81. The van der Waals surface area contributed by atoms with Crippen LogP contribution in [0, 0.1) is 5.82 Å². The van der Waals surface area contributed by atoms with E-state index in [0.717, 1.165) is 17.8 Å². The summed E-state index contributed by atoms with van der Waals surface area (Å²) in [4.78, 5) is 4.15. The molecule has 2 rings (SSSR count). The normalized spacial score (nSPS) is 12.6. The SMILES string of the molecule is CC(Cc1ccc(F)cc1)NCc1ncn(C)n1. The van der Waals surface area contributed by atoms with Crippen molar-refractivity contribution in [2.24, 2.45) is 7.05 Å². The largest absolute Gasteiger partial charge is 0.307 e. The lowest BCUT2D eigenvalue weighted by molar-refractivity contribution is 0.530. The smallest absolute Gasteiger partial charge is 0.164 e. The van der Waals surface area contributed by atoms with E-state index in [1.807, 2.05) is 19.2 Å². The third kappa shape index (κ3) is 3.63. The van der Waals surface area contributed by atoms with Crippen molar-refractivity contribution in [3.63, 3.8) is 0 Å². The second-order valence-corrected chi connectivity index (χ2v) is 4.45. The highest BCUT2D eigenvalue weighted by Gasteiger charge is 2.05. The fourth-order valence-electron chi connectivity index (χ4n) is 1.78. The van der Waals surface area contributed by atoms with Crippen LogP contribution in [-0.2, 0) is 20.0 Å². The predicted molar refractivity (Wildman–Crippen MR) is 67.4 cm³/mol. The van der Waals surface area contributed by atoms with Crippen molar-refractivity contribution in [1.29, 1.82) is 0 Å². The maximum absolute atomic E-state index is 12.8. The molecule has 0 amide bonds. The summed E-state index contributed by atoms with van der Waals surface area (Å²) in [6, 6.07) is 6.89. The van der Waals surface area contributed by atoms with Crippen molar-refractivity contribution >= 4 is 0 Å². The molecule has 4 nitrogen and oxygen atoms in total. The maximum Gasteiger partial charge on any atom is 0.164 e. The molecule has 1 aromatic carbocycles. The molecule has 0 aliphatic carbocycles. The third-order valence-corrected chi connectivity index (χ3v) is 2.71. The Morgan fingerprint density at radius 3 is 2.67 bits per heavy atom. The number of halogens is 1. The van der Waals surface area contributed by atoms with E-state index in [1.54, 1.807) is 11.0 Å². The summed E-state index contributed by atoms with van der Waals surface area (Å²) in [6.45, 7) is 2.73. The minimum absolute atomic E-state index is 0.197. The van der Waals surface area contributed by atoms with E-state index >= 15 is 0 Å². The molecule has 0 saturated carbocycles. The van der Waals surface area contributed by atoms with Crippen LogP contribution in [0.1, 0.15) is 18.3 Å². The molecule has 0 aliphatic heterocycles. The summed E-state index contributed by atoms with van der Waals surface area (Å²) < 4.78 is 14.4. The third-order valence-electron chi connectivity index (χ3n) is 2.71. The van der Waals surface area contributed by atoms with Gasteiger partial charge in [0.25, 0.3) is 0 Å². The van der Waals surface area contributed by atoms with Crippen LogP contribution in [0.3, 0.4) is 0 Å². The standard InChI is InChI=1S/C13H17FN4/c1-10(7-11-3-5-12(14)6-4-11)15-8-13-16-9-18(2)17-13/h3-6,9-10,15H,7-8H2,1-2H3. The van der Waals surface area contributed by atoms with Crippen molar-refractivity contribution in [3.05, 3.63) is 47.8 Å². The van der Waals surface area contributed by atoms with E-state index in [2.05, 4.69) is 22.3 Å². The zero-order valence-electron chi connectivity index (χ0n) is 10.6. The van der Waals surface area contributed by atoms with E-state index in [4.69, 9.17) is 0 Å². The monoisotopic (exact) mass is 248 g/mol. The Hall–Kier alpha value is -1.75. The first-order chi connectivity index (χ1) is 8.63. The molecule has 0 bridgehead atoms. The lowest BCUT2D eigenvalue weighted by Crippen LogP contribution is -2.28. The summed E-state index contributed by atoms with van der Waals surface area (Å²) in [7, 11) is 1.85. The fraction of sp³-hybridized carbons (Fsp3) is 0.385. The number of nitrogens with zero attached hydrogens (tertiary/aromatic N) is 3.